The highest BCUT2D eigenvalue weighted by molar-refractivity contribution is 5.97. The van der Waals surface area contributed by atoms with Crippen molar-refractivity contribution in [2.75, 3.05) is 5.32 Å². The number of amidine groups is 1. The Morgan fingerprint density at radius 2 is 2.06 bits per heavy atom. The fraction of sp³-hybridized carbons (Fsp3) is 0.462. The van der Waals surface area contributed by atoms with E-state index in [9.17, 15) is 0 Å². The van der Waals surface area contributed by atoms with Gasteiger partial charge in [0.2, 0.25) is 0 Å². The lowest BCUT2D eigenvalue weighted by molar-refractivity contribution is 0.739. The maximum Gasteiger partial charge on any atom is 0.101 e. The average molecular weight is 239 g/mol. The van der Waals surface area contributed by atoms with E-state index >= 15 is 0 Å². The maximum absolute atomic E-state index is 4.56. The third kappa shape index (κ3) is 2.76. The molecule has 2 nitrogen and oxygen atoms in total. The summed E-state index contributed by atoms with van der Waals surface area (Å²) in [5, 5.41) is 3.43. The van der Waals surface area contributed by atoms with Crippen LogP contribution in [0, 0.1) is 13.8 Å². The first-order valence-corrected chi connectivity index (χ1v) is 5.56. The lowest BCUT2D eigenvalue weighted by Crippen LogP contribution is -2.09. The molecule has 0 aliphatic carbocycles. The van der Waals surface area contributed by atoms with Crippen LogP contribution in [0.2, 0.25) is 0 Å². The van der Waals surface area contributed by atoms with Gasteiger partial charge >= 0.3 is 0 Å². The van der Waals surface area contributed by atoms with Gasteiger partial charge in [-0.25, -0.2) is 0 Å². The van der Waals surface area contributed by atoms with E-state index in [-0.39, 0.29) is 12.4 Å². The lowest BCUT2D eigenvalue weighted by Gasteiger charge is -2.10. The van der Waals surface area contributed by atoms with Crippen molar-refractivity contribution in [2.45, 2.75) is 39.7 Å². The van der Waals surface area contributed by atoms with E-state index < -0.39 is 0 Å². The Morgan fingerprint density at radius 1 is 1.31 bits per heavy atom. The number of hydrogen-bond donors (Lipinski definition) is 1. The number of aryl methyl sites for hydroxylation is 1. The monoisotopic (exact) mass is 238 g/mol. The number of nitrogens with one attached hydrogen (secondary N) is 1. The second-order valence-corrected chi connectivity index (χ2v) is 4.34. The van der Waals surface area contributed by atoms with Crippen molar-refractivity contribution < 1.29 is 0 Å². The predicted octanol–water partition coefficient (Wildman–Crippen LogP) is 3.72. The van der Waals surface area contributed by atoms with Crippen molar-refractivity contribution in [3.63, 3.8) is 0 Å². The molecule has 1 aliphatic heterocycles. The summed E-state index contributed by atoms with van der Waals surface area (Å²) in [6.07, 6.45) is 2.25. The SMILES string of the molecule is Cc1cccc(NC2=NC(C)CC2)c1C.Cl. The molecule has 0 amide bonds. The minimum atomic E-state index is 0. The van der Waals surface area contributed by atoms with E-state index in [1.807, 2.05) is 0 Å². The third-order valence-electron chi connectivity index (χ3n) is 3.06. The number of rotatable bonds is 1. The van der Waals surface area contributed by atoms with Gasteiger partial charge in [-0.3, -0.25) is 4.99 Å². The smallest absolute Gasteiger partial charge is 0.101 e. The van der Waals surface area contributed by atoms with Crippen molar-refractivity contribution in [1.82, 2.24) is 0 Å². The Hall–Kier alpha value is -1.02. The maximum atomic E-state index is 4.56. The quantitative estimate of drug-likeness (QED) is 0.793. The minimum absolute atomic E-state index is 0. The Kier molecular flexibility index (Phi) is 4.36. The van der Waals surface area contributed by atoms with Crippen LogP contribution in [0.4, 0.5) is 5.69 Å². The molecule has 0 saturated heterocycles. The van der Waals surface area contributed by atoms with Gasteiger partial charge in [-0.1, -0.05) is 12.1 Å². The molecule has 0 saturated carbocycles. The molecular weight excluding hydrogens is 220 g/mol. The summed E-state index contributed by atoms with van der Waals surface area (Å²) in [6.45, 7) is 6.45. The van der Waals surface area contributed by atoms with E-state index in [1.54, 1.807) is 0 Å². The minimum Gasteiger partial charge on any atom is -0.344 e. The largest absolute Gasteiger partial charge is 0.344 e. The van der Waals surface area contributed by atoms with E-state index in [2.05, 4.69) is 49.3 Å². The van der Waals surface area contributed by atoms with E-state index in [1.165, 1.54) is 23.2 Å². The molecule has 1 N–H and O–H groups in total. The first-order chi connectivity index (χ1) is 7.16. The molecule has 2 rings (SSSR count). The Morgan fingerprint density at radius 3 is 2.69 bits per heavy atom. The van der Waals surface area contributed by atoms with Crippen LogP contribution in [-0.4, -0.2) is 11.9 Å². The van der Waals surface area contributed by atoms with E-state index in [0.29, 0.717) is 6.04 Å². The molecule has 0 bridgehead atoms. The number of hydrogen-bond acceptors (Lipinski definition) is 2. The van der Waals surface area contributed by atoms with Crippen LogP contribution in [0.15, 0.2) is 23.2 Å². The topological polar surface area (TPSA) is 24.4 Å². The van der Waals surface area contributed by atoms with Crippen molar-refractivity contribution >= 4 is 23.9 Å². The van der Waals surface area contributed by atoms with Crippen molar-refractivity contribution in [3.8, 4) is 0 Å². The average Bonchev–Trinajstić information content (AvgIpc) is 2.59. The van der Waals surface area contributed by atoms with Gasteiger partial charge in [-0.05, 0) is 44.4 Å². The van der Waals surface area contributed by atoms with Crippen LogP contribution < -0.4 is 5.32 Å². The van der Waals surface area contributed by atoms with Gasteiger partial charge in [-0.2, -0.15) is 0 Å². The van der Waals surface area contributed by atoms with Crippen LogP contribution in [-0.2, 0) is 0 Å². The highest BCUT2D eigenvalue weighted by Gasteiger charge is 2.13. The first-order valence-electron chi connectivity index (χ1n) is 5.56. The van der Waals surface area contributed by atoms with Crippen molar-refractivity contribution in [1.29, 1.82) is 0 Å². The highest BCUT2D eigenvalue weighted by Crippen LogP contribution is 2.20. The molecule has 0 radical (unpaired) electrons. The zero-order valence-electron chi connectivity index (χ0n) is 10.1. The number of halogens is 1. The fourth-order valence-corrected chi connectivity index (χ4v) is 1.88. The molecular formula is C13H19ClN2. The molecule has 3 heteroatoms. The molecule has 88 valence electrons. The fourth-order valence-electron chi connectivity index (χ4n) is 1.88. The summed E-state index contributed by atoms with van der Waals surface area (Å²) in [6, 6.07) is 6.83. The molecule has 1 atom stereocenters. The van der Waals surface area contributed by atoms with Gasteiger partial charge in [0.05, 0.1) is 0 Å². The Labute approximate surface area is 104 Å². The zero-order valence-corrected chi connectivity index (χ0v) is 10.9. The summed E-state index contributed by atoms with van der Waals surface area (Å²) >= 11 is 0. The molecule has 1 aliphatic rings. The molecule has 0 fully saturated rings. The summed E-state index contributed by atoms with van der Waals surface area (Å²) in [5.41, 5.74) is 3.84. The summed E-state index contributed by atoms with van der Waals surface area (Å²) in [5.74, 6) is 1.14. The molecule has 1 aromatic rings. The van der Waals surface area contributed by atoms with E-state index in [4.69, 9.17) is 0 Å². The van der Waals surface area contributed by atoms with E-state index in [0.717, 1.165) is 12.3 Å². The number of benzene rings is 1. The van der Waals surface area contributed by atoms with Crippen LogP contribution in [0.1, 0.15) is 30.9 Å². The first kappa shape index (κ1) is 13.0. The second-order valence-electron chi connectivity index (χ2n) is 4.34. The summed E-state index contributed by atoms with van der Waals surface area (Å²) in [4.78, 5) is 4.56. The molecule has 1 unspecified atom stereocenters. The number of aliphatic imine (C=N–C) groups is 1. The van der Waals surface area contributed by atoms with Crippen molar-refractivity contribution in [3.05, 3.63) is 29.3 Å². The van der Waals surface area contributed by atoms with Gasteiger partial charge in [0.25, 0.3) is 0 Å². The predicted molar refractivity (Wildman–Crippen MR) is 72.9 cm³/mol. The van der Waals surface area contributed by atoms with Crippen LogP contribution in [0.5, 0.6) is 0 Å². The van der Waals surface area contributed by atoms with Crippen LogP contribution in [0.25, 0.3) is 0 Å². The standard InChI is InChI=1S/C13H18N2.ClH/c1-9-5-4-6-12(11(9)3)15-13-8-7-10(2)14-13;/h4-6,10H,7-8H2,1-3H3,(H,14,15);1H. The second kappa shape index (κ2) is 5.35. The van der Waals surface area contributed by atoms with Gasteiger partial charge in [0.1, 0.15) is 5.84 Å². The normalized spacial score (nSPS) is 18.9. The van der Waals surface area contributed by atoms with Crippen LogP contribution in [0.3, 0.4) is 0 Å². The van der Waals surface area contributed by atoms with Crippen molar-refractivity contribution in [2.24, 2.45) is 4.99 Å². The molecule has 1 heterocycles. The van der Waals surface area contributed by atoms with Gasteiger partial charge in [0, 0.05) is 18.2 Å². The summed E-state index contributed by atoms with van der Waals surface area (Å²) < 4.78 is 0. The third-order valence-corrected chi connectivity index (χ3v) is 3.06. The Balaban J connectivity index is 0.00000128. The Bertz CT molecular complexity index is 399. The molecule has 0 aromatic heterocycles. The number of nitrogens with zero attached hydrogens (tertiary/aromatic N) is 1. The zero-order chi connectivity index (χ0) is 10.8. The molecule has 1 aromatic carbocycles. The summed E-state index contributed by atoms with van der Waals surface area (Å²) in [7, 11) is 0. The lowest BCUT2D eigenvalue weighted by atomic mass is 10.1. The highest BCUT2D eigenvalue weighted by atomic mass is 35.5. The molecule has 0 spiro atoms. The van der Waals surface area contributed by atoms with Crippen LogP contribution >= 0.6 is 12.4 Å². The van der Waals surface area contributed by atoms with Gasteiger partial charge in [0.15, 0.2) is 0 Å². The van der Waals surface area contributed by atoms with Gasteiger partial charge in [-0.15, -0.1) is 12.4 Å². The molecule has 16 heavy (non-hydrogen) atoms. The van der Waals surface area contributed by atoms with Gasteiger partial charge < -0.3 is 5.32 Å². The number of anilines is 1.